The van der Waals surface area contributed by atoms with Crippen molar-refractivity contribution in [3.05, 3.63) is 35.7 Å². The van der Waals surface area contributed by atoms with E-state index < -0.39 is 15.7 Å². The fourth-order valence-electron chi connectivity index (χ4n) is 1.74. The molecular weight excluding hydrogens is 292 g/mol. The molecule has 7 nitrogen and oxygen atoms in total. The molecule has 0 aliphatic carbocycles. The van der Waals surface area contributed by atoms with Gasteiger partial charge in [0.15, 0.2) is 9.84 Å². The third-order valence-corrected chi connectivity index (χ3v) is 3.88. The summed E-state index contributed by atoms with van der Waals surface area (Å²) >= 11 is 0. The van der Waals surface area contributed by atoms with E-state index in [1.54, 1.807) is 0 Å². The minimum atomic E-state index is -3.35. The van der Waals surface area contributed by atoms with Crippen LogP contribution in [0.25, 0.3) is 0 Å². The number of benzene rings is 1. The molecule has 0 fully saturated rings. The van der Waals surface area contributed by atoms with Gasteiger partial charge < -0.3 is 0 Å². The molecule has 2 N–H and O–H groups in total. The van der Waals surface area contributed by atoms with Crippen molar-refractivity contribution in [3.8, 4) is 0 Å². The molecule has 2 aromatic rings. The Morgan fingerprint density at radius 1 is 1.38 bits per heavy atom. The van der Waals surface area contributed by atoms with Crippen LogP contribution in [0.3, 0.4) is 0 Å². The van der Waals surface area contributed by atoms with Crippen molar-refractivity contribution in [2.45, 2.75) is 24.7 Å². The highest BCUT2D eigenvalue weighted by Gasteiger charge is 2.13. The first kappa shape index (κ1) is 15.2. The van der Waals surface area contributed by atoms with Crippen LogP contribution in [0.4, 0.5) is 5.95 Å². The highest BCUT2D eigenvalue weighted by molar-refractivity contribution is 7.90. The van der Waals surface area contributed by atoms with Crippen LogP contribution in [0, 0.1) is 0 Å². The van der Waals surface area contributed by atoms with E-state index in [9.17, 15) is 13.2 Å². The van der Waals surface area contributed by atoms with Crippen LogP contribution in [0.1, 0.15) is 29.5 Å². The molecule has 0 aliphatic heterocycles. The van der Waals surface area contributed by atoms with E-state index in [0.29, 0.717) is 5.82 Å². The fourth-order valence-corrected chi connectivity index (χ4v) is 2.41. The average Bonchev–Trinajstić information content (AvgIpc) is 2.86. The second-order valence-corrected chi connectivity index (χ2v) is 6.63. The van der Waals surface area contributed by atoms with Gasteiger partial charge in [0.2, 0.25) is 5.95 Å². The molecule has 21 heavy (non-hydrogen) atoms. The maximum atomic E-state index is 12.1. The topological polar surface area (TPSA) is 105 Å². The monoisotopic (exact) mass is 308 g/mol. The Hall–Kier alpha value is -2.22. The predicted octanol–water partition coefficient (Wildman–Crippen LogP) is 1.41. The molecule has 1 aromatic heterocycles. The summed E-state index contributed by atoms with van der Waals surface area (Å²) in [4.78, 5) is 16.3. The van der Waals surface area contributed by atoms with Crippen LogP contribution < -0.4 is 5.32 Å². The maximum Gasteiger partial charge on any atom is 0.258 e. The number of anilines is 1. The van der Waals surface area contributed by atoms with E-state index in [1.165, 1.54) is 24.3 Å². The number of hydrogen-bond donors (Lipinski definition) is 2. The summed E-state index contributed by atoms with van der Waals surface area (Å²) in [6.45, 7) is 2.01. The summed E-state index contributed by atoms with van der Waals surface area (Å²) in [7, 11) is -3.35. The Morgan fingerprint density at radius 2 is 2.14 bits per heavy atom. The number of aromatic amines is 1. The van der Waals surface area contributed by atoms with E-state index in [2.05, 4.69) is 20.5 Å². The van der Waals surface area contributed by atoms with Gasteiger partial charge in [0.05, 0.1) is 4.90 Å². The second-order valence-electron chi connectivity index (χ2n) is 4.61. The number of carbonyl (C=O) groups excluding carboxylic acids is 1. The van der Waals surface area contributed by atoms with Crippen molar-refractivity contribution in [3.63, 3.8) is 0 Å². The lowest BCUT2D eigenvalue weighted by molar-refractivity contribution is 0.102. The number of amides is 1. The molecule has 0 saturated carbocycles. The van der Waals surface area contributed by atoms with Gasteiger partial charge in [-0.25, -0.2) is 8.42 Å². The van der Waals surface area contributed by atoms with Gasteiger partial charge in [-0.1, -0.05) is 13.0 Å². The van der Waals surface area contributed by atoms with Crippen LogP contribution in [0.2, 0.25) is 0 Å². The van der Waals surface area contributed by atoms with Crippen molar-refractivity contribution >= 4 is 21.7 Å². The highest BCUT2D eigenvalue weighted by atomic mass is 32.2. The number of nitrogens with zero attached hydrogens (tertiary/aromatic N) is 2. The van der Waals surface area contributed by atoms with Crippen LogP contribution >= 0.6 is 0 Å². The number of hydrogen-bond acceptors (Lipinski definition) is 5. The third kappa shape index (κ3) is 3.88. The summed E-state index contributed by atoms with van der Waals surface area (Å²) in [5, 5.41) is 9.14. The molecule has 8 heteroatoms. The lowest BCUT2D eigenvalue weighted by Crippen LogP contribution is -2.13. The lowest BCUT2D eigenvalue weighted by atomic mass is 10.2. The first-order valence-corrected chi connectivity index (χ1v) is 8.32. The van der Waals surface area contributed by atoms with Crippen molar-refractivity contribution in [2.24, 2.45) is 0 Å². The molecule has 1 aromatic carbocycles. The minimum absolute atomic E-state index is 0.0943. The Labute approximate surface area is 122 Å². The van der Waals surface area contributed by atoms with E-state index in [-0.39, 0.29) is 16.4 Å². The molecular formula is C13H16N4O3S. The van der Waals surface area contributed by atoms with Crippen LogP contribution in [-0.4, -0.2) is 35.8 Å². The second kappa shape index (κ2) is 6.04. The standard InChI is InChI=1S/C13H16N4O3S/c1-3-5-11-14-13(17-16-11)15-12(18)9-6-4-7-10(8-9)21(2,19)20/h4,6-8H,3,5H2,1-2H3,(H2,14,15,16,17,18). The quantitative estimate of drug-likeness (QED) is 0.869. The molecule has 0 aliphatic rings. The number of H-pyrrole nitrogens is 1. The van der Waals surface area contributed by atoms with Crippen molar-refractivity contribution < 1.29 is 13.2 Å². The summed E-state index contributed by atoms with van der Waals surface area (Å²) in [5.41, 5.74) is 0.236. The van der Waals surface area contributed by atoms with Gasteiger partial charge in [-0.05, 0) is 24.6 Å². The Bertz CT molecular complexity index is 752. The Balaban J connectivity index is 2.16. The zero-order valence-electron chi connectivity index (χ0n) is 11.8. The number of sulfone groups is 1. The van der Waals surface area contributed by atoms with Crippen LogP contribution in [-0.2, 0) is 16.3 Å². The van der Waals surface area contributed by atoms with Crippen molar-refractivity contribution in [2.75, 3.05) is 11.6 Å². The molecule has 0 bridgehead atoms. The zero-order chi connectivity index (χ0) is 15.5. The zero-order valence-corrected chi connectivity index (χ0v) is 12.6. The maximum absolute atomic E-state index is 12.1. The van der Waals surface area contributed by atoms with Gasteiger partial charge in [-0.15, -0.1) is 5.10 Å². The normalized spacial score (nSPS) is 11.3. The average molecular weight is 308 g/mol. The number of aryl methyl sites for hydroxylation is 1. The fraction of sp³-hybridized carbons (Fsp3) is 0.308. The lowest BCUT2D eigenvalue weighted by Gasteiger charge is -2.03. The first-order valence-electron chi connectivity index (χ1n) is 6.43. The molecule has 0 saturated heterocycles. The first-order chi connectivity index (χ1) is 9.90. The van der Waals surface area contributed by atoms with Gasteiger partial charge in [0.1, 0.15) is 5.82 Å². The predicted molar refractivity (Wildman–Crippen MR) is 77.9 cm³/mol. The molecule has 0 spiro atoms. The van der Waals surface area contributed by atoms with E-state index >= 15 is 0 Å². The molecule has 0 atom stereocenters. The summed E-state index contributed by atoms with van der Waals surface area (Å²) < 4.78 is 23.0. The molecule has 2 rings (SSSR count). The number of carbonyl (C=O) groups is 1. The molecule has 1 amide bonds. The van der Waals surface area contributed by atoms with E-state index in [1.807, 2.05) is 6.92 Å². The third-order valence-electron chi connectivity index (χ3n) is 2.77. The Morgan fingerprint density at radius 3 is 2.81 bits per heavy atom. The van der Waals surface area contributed by atoms with Gasteiger partial charge in [0, 0.05) is 18.2 Å². The highest BCUT2D eigenvalue weighted by Crippen LogP contribution is 2.12. The Kier molecular flexibility index (Phi) is 4.37. The van der Waals surface area contributed by atoms with E-state index in [0.717, 1.165) is 19.1 Å². The number of nitrogens with one attached hydrogen (secondary N) is 2. The van der Waals surface area contributed by atoms with Gasteiger partial charge in [-0.2, -0.15) is 4.98 Å². The molecule has 1 heterocycles. The van der Waals surface area contributed by atoms with Gasteiger partial charge in [0.25, 0.3) is 5.91 Å². The summed E-state index contributed by atoms with van der Waals surface area (Å²) in [6.07, 6.45) is 2.75. The van der Waals surface area contributed by atoms with Gasteiger partial charge >= 0.3 is 0 Å². The number of rotatable bonds is 5. The summed E-state index contributed by atoms with van der Waals surface area (Å²) in [5.74, 6) is 0.411. The van der Waals surface area contributed by atoms with Gasteiger partial charge in [-0.3, -0.25) is 15.2 Å². The van der Waals surface area contributed by atoms with Crippen LogP contribution in [0.15, 0.2) is 29.2 Å². The smallest absolute Gasteiger partial charge is 0.258 e. The molecule has 112 valence electrons. The van der Waals surface area contributed by atoms with E-state index in [4.69, 9.17) is 0 Å². The SMILES string of the molecule is CCCc1nc(NC(=O)c2cccc(S(C)(=O)=O)c2)n[nH]1. The molecule has 0 radical (unpaired) electrons. The largest absolute Gasteiger partial charge is 0.289 e. The van der Waals surface area contributed by atoms with Crippen LogP contribution in [0.5, 0.6) is 0 Å². The molecule has 0 unspecified atom stereocenters. The van der Waals surface area contributed by atoms with Crippen molar-refractivity contribution in [1.29, 1.82) is 0 Å². The van der Waals surface area contributed by atoms with Crippen molar-refractivity contribution in [1.82, 2.24) is 15.2 Å². The number of aromatic nitrogens is 3. The summed E-state index contributed by atoms with van der Waals surface area (Å²) in [6, 6.07) is 5.82. The minimum Gasteiger partial charge on any atom is -0.289 e.